The van der Waals surface area contributed by atoms with Gasteiger partial charge in [-0.05, 0) is 73.7 Å². The minimum absolute atomic E-state index is 0.0776. The van der Waals surface area contributed by atoms with Crippen LogP contribution in [0.5, 0.6) is 0 Å². The molecule has 0 aliphatic heterocycles. The Morgan fingerprint density at radius 3 is 2.37 bits per heavy atom. The van der Waals surface area contributed by atoms with Crippen LogP contribution in [0.4, 0.5) is 5.13 Å². The molecule has 6 nitrogen and oxygen atoms in total. The number of sulfonamides is 1. The summed E-state index contributed by atoms with van der Waals surface area (Å²) in [7, 11) is -1.95. The molecule has 4 aromatic rings. The molecule has 1 aliphatic rings. The normalized spacial score (nSPS) is 13.9. The molecular weight excluding hydrogens is 478 g/mol. The number of fused-ring (bicyclic) bond motifs is 1. The molecule has 0 unspecified atom stereocenters. The van der Waals surface area contributed by atoms with E-state index in [-0.39, 0.29) is 16.8 Å². The molecule has 0 saturated heterocycles. The number of amides is 1. The molecule has 5 rings (SSSR count). The topological polar surface area (TPSA) is 70.6 Å². The van der Waals surface area contributed by atoms with Crippen molar-refractivity contribution in [3.8, 4) is 0 Å². The summed E-state index contributed by atoms with van der Waals surface area (Å²) >= 11 is 1.49. The lowest BCUT2D eigenvalue weighted by molar-refractivity contribution is 0.0985. The van der Waals surface area contributed by atoms with Crippen LogP contribution in [0, 0.1) is 13.8 Å². The van der Waals surface area contributed by atoms with Gasteiger partial charge >= 0.3 is 0 Å². The van der Waals surface area contributed by atoms with Gasteiger partial charge in [0.15, 0.2) is 5.13 Å². The number of carbonyl (C=O) groups excluding carboxylic acids is 1. The summed E-state index contributed by atoms with van der Waals surface area (Å²) in [4.78, 5) is 20.4. The highest BCUT2D eigenvalue weighted by Gasteiger charge is 2.35. The molecule has 1 heterocycles. The van der Waals surface area contributed by atoms with Crippen molar-refractivity contribution in [1.29, 1.82) is 0 Å². The average Bonchev–Trinajstić information content (AvgIpc) is 3.61. The molecule has 1 aromatic heterocycles. The third-order valence-corrected chi connectivity index (χ3v) is 9.27. The van der Waals surface area contributed by atoms with Crippen LogP contribution in [0.25, 0.3) is 10.2 Å². The van der Waals surface area contributed by atoms with Crippen molar-refractivity contribution in [2.75, 3.05) is 11.9 Å². The summed E-state index contributed by atoms with van der Waals surface area (Å²) in [5.41, 5.74) is 4.52. The number of aryl methyl sites for hydroxylation is 2. The molecule has 0 radical (unpaired) electrons. The summed E-state index contributed by atoms with van der Waals surface area (Å²) < 4.78 is 28.2. The fraction of sp³-hybridized carbons (Fsp3) is 0.259. The number of hydrogen-bond acceptors (Lipinski definition) is 5. The lowest BCUT2D eigenvalue weighted by Crippen LogP contribution is -2.31. The van der Waals surface area contributed by atoms with E-state index in [1.807, 2.05) is 37.3 Å². The lowest BCUT2D eigenvalue weighted by atomic mass is 10.1. The maximum absolute atomic E-state index is 13.7. The molecule has 0 N–H and O–H groups in total. The van der Waals surface area contributed by atoms with Crippen LogP contribution in [-0.2, 0) is 16.6 Å². The van der Waals surface area contributed by atoms with Crippen LogP contribution in [0.2, 0.25) is 0 Å². The van der Waals surface area contributed by atoms with Crippen molar-refractivity contribution in [2.45, 2.75) is 44.2 Å². The quantitative estimate of drug-likeness (QED) is 0.331. The highest BCUT2D eigenvalue weighted by atomic mass is 32.2. The van der Waals surface area contributed by atoms with Gasteiger partial charge in [-0.25, -0.2) is 13.4 Å². The second-order valence-electron chi connectivity index (χ2n) is 9.08. The number of thiazole rings is 1. The van der Waals surface area contributed by atoms with Crippen LogP contribution < -0.4 is 4.90 Å². The smallest absolute Gasteiger partial charge is 0.260 e. The first-order chi connectivity index (χ1) is 16.7. The first-order valence-corrected chi connectivity index (χ1v) is 13.8. The van der Waals surface area contributed by atoms with Gasteiger partial charge in [-0.3, -0.25) is 9.69 Å². The minimum Gasteiger partial charge on any atom is -0.279 e. The monoisotopic (exact) mass is 505 g/mol. The Hall–Kier alpha value is -3.07. The van der Waals surface area contributed by atoms with E-state index in [0.717, 1.165) is 39.7 Å². The van der Waals surface area contributed by atoms with Gasteiger partial charge in [0.05, 0.1) is 21.7 Å². The van der Waals surface area contributed by atoms with Crippen molar-refractivity contribution in [3.63, 3.8) is 0 Å². The van der Waals surface area contributed by atoms with E-state index in [0.29, 0.717) is 17.2 Å². The molecule has 1 aliphatic carbocycles. The van der Waals surface area contributed by atoms with Crippen molar-refractivity contribution in [1.82, 2.24) is 9.29 Å². The Morgan fingerprint density at radius 2 is 1.71 bits per heavy atom. The molecule has 0 bridgehead atoms. The predicted molar refractivity (Wildman–Crippen MR) is 140 cm³/mol. The zero-order chi connectivity index (χ0) is 24.7. The third kappa shape index (κ3) is 4.74. The number of carbonyl (C=O) groups is 1. The van der Waals surface area contributed by atoms with Crippen molar-refractivity contribution >= 4 is 42.6 Å². The number of aromatic nitrogens is 1. The van der Waals surface area contributed by atoms with Crippen molar-refractivity contribution in [2.24, 2.45) is 0 Å². The molecule has 180 valence electrons. The standard InChI is InChI=1S/C27H27N3O3S2/c1-18-15-19(2)25-24(16-18)34-27(28-25)30(17-20-7-5-4-6-8-20)26(31)21-9-13-23(14-10-21)35(32,33)29(3)22-11-12-22/h4-10,13-16,22H,11-12,17H2,1-3H3. The van der Waals surface area contributed by atoms with Crippen molar-refractivity contribution in [3.05, 3.63) is 89.0 Å². The van der Waals surface area contributed by atoms with Crippen LogP contribution in [0.15, 0.2) is 71.6 Å². The van der Waals surface area contributed by atoms with Gasteiger partial charge in [-0.1, -0.05) is 47.7 Å². The van der Waals surface area contributed by atoms with Gasteiger partial charge in [0.1, 0.15) is 0 Å². The van der Waals surface area contributed by atoms with Crippen LogP contribution in [-0.4, -0.2) is 36.7 Å². The van der Waals surface area contributed by atoms with E-state index in [1.165, 1.54) is 27.8 Å². The van der Waals surface area contributed by atoms with E-state index in [2.05, 4.69) is 19.1 Å². The summed E-state index contributed by atoms with van der Waals surface area (Å²) in [5, 5.41) is 0.618. The molecule has 8 heteroatoms. The minimum atomic E-state index is -3.57. The van der Waals surface area contributed by atoms with Gasteiger partial charge in [0.25, 0.3) is 5.91 Å². The SMILES string of the molecule is Cc1cc(C)c2nc(N(Cc3ccccc3)C(=O)c3ccc(S(=O)(=O)N(C)C4CC4)cc3)sc2c1. The fourth-order valence-corrected chi connectivity index (χ4v) is 6.75. The van der Waals surface area contributed by atoms with E-state index in [1.54, 1.807) is 24.1 Å². The Balaban J connectivity index is 1.50. The Kier molecular flexibility index (Phi) is 6.21. The highest BCUT2D eigenvalue weighted by Crippen LogP contribution is 2.34. The zero-order valence-corrected chi connectivity index (χ0v) is 21.6. The molecule has 1 amide bonds. The molecule has 1 fully saturated rings. The van der Waals surface area contributed by atoms with E-state index in [4.69, 9.17) is 4.98 Å². The molecular formula is C27H27N3O3S2. The predicted octanol–water partition coefficient (Wildman–Crippen LogP) is 5.54. The Labute approximate surface area is 209 Å². The highest BCUT2D eigenvalue weighted by molar-refractivity contribution is 7.89. The van der Waals surface area contributed by atoms with Gasteiger partial charge in [0.2, 0.25) is 10.0 Å². The number of rotatable bonds is 7. The first-order valence-electron chi connectivity index (χ1n) is 11.6. The molecule has 35 heavy (non-hydrogen) atoms. The van der Waals surface area contributed by atoms with Gasteiger partial charge < -0.3 is 0 Å². The summed E-state index contributed by atoms with van der Waals surface area (Å²) in [6.45, 7) is 4.44. The van der Waals surface area contributed by atoms with Gasteiger partial charge in [-0.2, -0.15) is 4.31 Å². The second-order valence-corrected chi connectivity index (χ2v) is 12.1. The third-order valence-electron chi connectivity index (χ3n) is 6.32. The fourth-order valence-electron chi connectivity index (χ4n) is 4.19. The maximum atomic E-state index is 13.7. The van der Waals surface area contributed by atoms with Gasteiger partial charge in [-0.15, -0.1) is 0 Å². The van der Waals surface area contributed by atoms with Gasteiger partial charge in [0, 0.05) is 18.7 Å². The molecule has 1 saturated carbocycles. The number of anilines is 1. The largest absolute Gasteiger partial charge is 0.279 e. The Morgan fingerprint density at radius 1 is 1.03 bits per heavy atom. The zero-order valence-electron chi connectivity index (χ0n) is 19.9. The number of nitrogens with zero attached hydrogens (tertiary/aromatic N) is 3. The number of benzene rings is 3. The van der Waals surface area contributed by atoms with Crippen molar-refractivity contribution < 1.29 is 13.2 Å². The van der Waals surface area contributed by atoms with E-state index >= 15 is 0 Å². The maximum Gasteiger partial charge on any atom is 0.260 e. The van der Waals surface area contributed by atoms with E-state index < -0.39 is 10.0 Å². The number of hydrogen-bond donors (Lipinski definition) is 0. The average molecular weight is 506 g/mol. The molecule has 0 spiro atoms. The summed E-state index contributed by atoms with van der Waals surface area (Å²) in [6, 6.07) is 20.3. The summed E-state index contributed by atoms with van der Waals surface area (Å²) in [6.07, 6.45) is 1.78. The van der Waals surface area contributed by atoms with Crippen LogP contribution in [0.1, 0.15) is 39.9 Å². The Bertz CT molecular complexity index is 1490. The lowest BCUT2D eigenvalue weighted by Gasteiger charge is -2.21. The molecule has 3 aromatic carbocycles. The first kappa shape index (κ1) is 23.7. The summed E-state index contributed by atoms with van der Waals surface area (Å²) in [5.74, 6) is -0.221. The van der Waals surface area contributed by atoms with Crippen LogP contribution in [0.3, 0.4) is 0 Å². The van der Waals surface area contributed by atoms with E-state index in [9.17, 15) is 13.2 Å². The molecule has 0 atom stereocenters. The van der Waals surface area contributed by atoms with Crippen LogP contribution >= 0.6 is 11.3 Å². The second kappa shape index (κ2) is 9.18.